The number of benzene rings is 1. The summed E-state index contributed by atoms with van der Waals surface area (Å²) in [5.41, 5.74) is 7.12. The van der Waals surface area contributed by atoms with Crippen molar-refractivity contribution in [3.05, 3.63) is 24.3 Å². The van der Waals surface area contributed by atoms with Gasteiger partial charge >= 0.3 is 0 Å². The first-order valence-corrected chi connectivity index (χ1v) is 7.18. The van der Waals surface area contributed by atoms with Gasteiger partial charge in [0.05, 0.1) is 5.00 Å². The van der Waals surface area contributed by atoms with Crippen LogP contribution in [-0.2, 0) is 0 Å². The van der Waals surface area contributed by atoms with Gasteiger partial charge in [-0.1, -0.05) is 0 Å². The fourth-order valence-electron chi connectivity index (χ4n) is 2.86. The minimum Gasteiger partial charge on any atom is -0.391 e. The van der Waals surface area contributed by atoms with E-state index in [0.29, 0.717) is 0 Å². The monoisotopic (exact) mass is 257 g/mol. The summed E-state index contributed by atoms with van der Waals surface area (Å²) in [4.78, 5) is 5.96. The van der Waals surface area contributed by atoms with Crippen molar-refractivity contribution in [2.24, 2.45) is 0 Å². The van der Waals surface area contributed by atoms with Gasteiger partial charge in [0, 0.05) is 34.1 Å². The van der Waals surface area contributed by atoms with E-state index in [2.05, 4.69) is 34.1 Å². The molecule has 2 aromatic heterocycles. The zero-order valence-corrected chi connectivity index (χ0v) is 10.9. The van der Waals surface area contributed by atoms with Gasteiger partial charge < -0.3 is 15.6 Å². The lowest BCUT2D eigenvalue weighted by Gasteiger charge is -2.14. The van der Waals surface area contributed by atoms with Crippen molar-refractivity contribution in [3.8, 4) is 0 Å². The summed E-state index contributed by atoms with van der Waals surface area (Å²) < 4.78 is 1.27. The molecule has 0 unspecified atom stereocenters. The number of aromatic amines is 1. The molecule has 4 rings (SSSR count). The number of nitrogens with zero attached hydrogens (tertiary/aromatic N) is 1. The summed E-state index contributed by atoms with van der Waals surface area (Å²) >= 11 is 1.66. The molecule has 0 radical (unpaired) electrons. The highest BCUT2D eigenvalue weighted by Crippen LogP contribution is 2.35. The molecule has 0 aliphatic carbocycles. The van der Waals surface area contributed by atoms with Crippen molar-refractivity contribution in [2.45, 2.75) is 12.8 Å². The van der Waals surface area contributed by atoms with Crippen molar-refractivity contribution in [1.82, 2.24) is 4.98 Å². The third-order valence-electron chi connectivity index (χ3n) is 3.75. The largest absolute Gasteiger partial charge is 0.391 e. The number of H-pyrrole nitrogens is 1. The Balaban J connectivity index is 1.95. The van der Waals surface area contributed by atoms with Gasteiger partial charge in [0.25, 0.3) is 0 Å². The van der Waals surface area contributed by atoms with Gasteiger partial charge in [-0.05, 0) is 37.1 Å². The van der Waals surface area contributed by atoms with Crippen LogP contribution in [-0.4, -0.2) is 18.1 Å². The van der Waals surface area contributed by atoms with Crippen molar-refractivity contribution < 1.29 is 0 Å². The van der Waals surface area contributed by atoms with E-state index in [0.717, 1.165) is 5.00 Å². The highest BCUT2D eigenvalue weighted by atomic mass is 32.1. The number of anilines is 2. The molecule has 0 amide bonds. The van der Waals surface area contributed by atoms with E-state index >= 15 is 0 Å². The molecular weight excluding hydrogens is 242 g/mol. The van der Waals surface area contributed by atoms with E-state index in [4.69, 9.17) is 5.73 Å². The fraction of sp³-hybridized carbons (Fsp3) is 0.286. The molecular formula is C14H15N3S. The van der Waals surface area contributed by atoms with Gasteiger partial charge in [-0.15, -0.1) is 11.3 Å². The Bertz CT molecular complexity index is 719. The number of thiophene rings is 1. The molecule has 1 fully saturated rings. The fourth-order valence-corrected chi connectivity index (χ4v) is 3.70. The first-order chi connectivity index (χ1) is 8.81. The molecule has 1 aliphatic heterocycles. The molecule has 3 aromatic rings. The first-order valence-electron chi connectivity index (χ1n) is 6.37. The molecule has 92 valence electrons. The van der Waals surface area contributed by atoms with E-state index in [1.807, 2.05) is 0 Å². The second kappa shape index (κ2) is 3.65. The van der Waals surface area contributed by atoms with Gasteiger partial charge in [-0.3, -0.25) is 0 Å². The SMILES string of the molecule is Nc1cc2c(ccc3[nH]c(N4CCCC4)cc32)s1. The standard InChI is InChI=1S/C14H15N3S/c15-13-7-10-9-8-14(17-5-1-2-6-17)16-11(9)3-4-12(10)18-13/h3-4,7-8,16H,1-2,5-6,15H2. The second-order valence-electron chi connectivity index (χ2n) is 4.94. The average molecular weight is 257 g/mol. The molecule has 3 heterocycles. The number of rotatable bonds is 1. The molecule has 4 heteroatoms. The molecule has 0 spiro atoms. The summed E-state index contributed by atoms with van der Waals surface area (Å²) in [6, 6.07) is 8.68. The van der Waals surface area contributed by atoms with Crippen LogP contribution in [0.1, 0.15) is 12.8 Å². The summed E-state index contributed by atoms with van der Waals surface area (Å²) in [6.45, 7) is 2.34. The minimum atomic E-state index is 0.890. The third kappa shape index (κ3) is 1.42. The van der Waals surface area contributed by atoms with E-state index in [9.17, 15) is 0 Å². The van der Waals surface area contributed by atoms with Crippen LogP contribution in [0.5, 0.6) is 0 Å². The highest BCUT2D eigenvalue weighted by Gasteiger charge is 2.15. The number of nitrogen functional groups attached to an aromatic ring is 1. The van der Waals surface area contributed by atoms with Gasteiger partial charge in [-0.25, -0.2) is 0 Å². The number of fused-ring (bicyclic) bond motifs is 3. The normalized spacial score (nSPS) is 16.1. The van der Waals surface area contributed by atoms with Crippen LogP contribution in [0.2, 0.25) is 0 Å². The summed E-state index contributed by atoms with van der Waals surface area (Å²) in [5.74, 6) is 1.25. The molecule has 1 saturated heterocycles. The van der Waals surface area contributed by atoms with Gasteiger partial charge in [0.15, 0.2) is 0 Å². The molecule has 3 nitrogen and oxygen atoms in total. The van der Waals surface area contributed by atoms with Crippen LogP contribution in [0.4, 0.5) is 10.8 Å². The lowest BCUT2D eigenvalue weighted by molar-refractivity contribution is 0.949. The summed E-state index contributed by atoms with van der Waals surface area (Å²) in [6.07, 6.45) is 2.60. The van der Waals surface area contributed by atoms with Crippen molar-refractivity contribution >= 4 is 43.1 Å². The molecule has 1 aliphatic rings. The lowest BCUT2D eigenvalue weighted by Crippen LogP contribution is -2.17. The van der Waals surface area contributed by atoms with Crippen LogP contribution in [0.25, 0.3) is 21.0 Å². The number of hydrogen-bond donors (Lipinski definition) is 2. The van der Waals surface area contributed by atoms with Crippen molar-refractivity contribution in [3.63, 3.8) is 0 Å². The van der Waals surface area contributed by atoms with Gasteiger partial charge in [-0.2, -0.15) is 0 Å². The number of aromatic nitrogens is 1. The molecule has 18 heavy (non-hydrogen) atoms. The Morgan fingerprint density at radius 1 is 1.11 bits per heavy atom. The van der Waals surface area contributed by atoms with Crippen LogP contribution in [0, 0.1) is 0 Å². The molecule has 0 atom stereocenters. The van der Waals surface area contributed by atoms with E-state index in [1.54, 1.807) is 11.3 Å². The zero-order valence-electron chi connectivity index (χ0n) is 10.1. The van der Waals surface area contributed by atoms with Crippen LogP contribution < -0.4 is 10.6 Å². The maximum Gasteiger partial charge on any atom is 0.106 e. The Morgan fingerprint density at radius 3 is 2.78 bits per heavy atom. The Kier molecular flexibility index (Phi) is 2.08. The lowest BCUT2D eigenvalue weighted by atomic mass is 10.2. The Hall–Kier alpha value is -1.68. The minimum absolute atomic E-state index is 0.890. The molecule has 0 saturated carbocycles. The first kappa shape index (κ1) is 10.3. The smallest absolute Gasteiger partial charge is 0.106 e. The number of nitrogens with one attached hydrogen (secondary N) is 1. The Morgan fingerprint density at radius 2 is 1.94 bits per heavy atom. The Labute approximate surface area is 109 Å². The van der Waals surface area contributed by atoms with E-state index < -0.39 is 0 Å². The summed E-state index contributed by atoms with van der Waals surface area (Å²) in [5, 5.41) is 3.46. The van der Waals surface area contributed by atoms with E-state index in [-0.39, 0.29) is 0 Å². The van der Waals surface area contributed by atoms with Gasteiger partial charge in [0.2, 0.25) is 0 Å². The van der Waals surface area contributed by atoms with Crippen LogP contribution >= 0.6 is 11.3 Å². The highest BCUT2D eigenvalue weighted by molar-refractivity contribution is 7.22. The number of nitrogens with two attached hydrogens (primary N) is 1. The van der Waals surface area contributed by atoms with Crippen molar-refractivity contribution in [2.75, 3.05) is 23.7 Å². The maximum atomic E-state index is 5.91. The maximum absolute atomic E-state index is 5.91. The zero-order chi connectivity index (χ0) is 12.1. The predicted molar refractivity (Wildman–Crippen MR) is 79.5 cm³/mol. The van der Waals surface area contributed by atoms with Crippen LogP contribution in [0.15, 0.2) is 24.3 Å². The van der Waals surface area contributed by atoms with Crippen LogP contribution in [0.3, 0.4) is 0 Å². The quantitative estimate of drug-likeness (QED) is 0.700. The molecule has 1 aromatic carbocycles. The summed E-state index contributed by atoms with van der Waals surface area (Å²) in [7, 11) is 0. The third-order valence-corrected chi connectivity index (χ3v) is 4.68. The number of hydrogen-bond acceptors (Lipinski definition) is 3. The van der Waals surface area contributed by atoms with E-state index in [1.165, 1.54) is 52.7 Å². The predicted octanol–water partition coefficient (Wildman–Crippen LogP) is 3.57. The topological polar surface area (TPSA) is 45.1 Å². The van der Waals surface area contributed by atoms with Crippen molar-refractivity contribution in [1.29, 1.82) is 0 Å². The van der Waals surface area contributed by atoms with Gasteiger partial charge in [0.1, 0.15) is 5.82 Å². The average Bonchev–Trinajstić information content (AvgIpc) is 3.05. The molecule has 3 N–H and O–H groups in total. The molecule has 0 bridgehead atoms. The second-order valence-corrected chi connectivity index (χ2v) is 6.05.